The number of fused-ring (bicyclic) bond motifs is 1. The van der Waals surface area contributed by atoms with Crippen molar-refractivity contribution in [2.24, 2.45) is 0 Å². The number of hydrogen-bond acceptors (Lipinski definition) is 3. The molecule has 1 N–H and O–H groups in total. The molecule has 5 heteroatoms. The number of benzene rings is 1. The molecule has 0 spiro atoms. The molecule has 0 saturated heterocycles. The molecule has 1 amide bonds. The first kappa shape index (κ1) is 15.4. The zero-order valence-corrected chi connectivity index (χ0v) is 13.1. The van der Waals surface area contributed by atoms with Gasteiger partial charge in [-0.15, -0.1) is 0 Å². The van der Waals surface area contributed by atoms with E-state index in [1.807, 2.05) is 58.3 Å². The summed E-state index contributed by atoms with van der Waals surface area (Å²) in [6.45, 7) is 8.35. The maximum atomic E-state index is 11.7. The van der Waals surface area contributed by atoms with Crippen LogP contribution in [0.3, 0.4) is 0 Å². The van der Waals surface area contributed by atoms with E-state index < -0.39 is 5.60 Å². The van der Waals surface area contributed by atoms with Gasteiger partial charge in [0, 0.05) is 12.6 Å². The molecule has 114 valence electrons. The first-order valence-corrected chi connectivity index (χ1v) is 7.24. The molecule has 1 heterocycles. The maximum absolute atomic E-state index is 11.7. The lowest BCUT2D eigenvalue weighted by atomic mass is 10.2. The van der Waals surface area contributed by atoms with Crippen molar-refractivity contribution in [2.45, 2.75) is 52.3 Å². The Kier molecular flexibility index (Phi) is 4.50. The third kappa shape index (κ3) is 4.48. The number of nitrogens with one attached hydrogen (secondary N) is 1. The third-order valence-electron chi connectivity index (χ3n) is 3.09. The smallest absolute Gasteiger partial charge is 0.407 e. The summed E-state index contributed by atoms with van der Waals surface area (Å²) in [6, 6.07) is 8.07. The summed E-state index contributed by atoms with van der Waals surface area (Å²) in [7, 11) is 0. The highest BCUT2D eigenvalue weighted by Crippen LogP contribution is 2.13. The Morgan fingerprint density at radius 3 is 2.81 bits per heavy atom. The Morgan fingerprint density at radius 1 is 1.38 bits per heavy atom. The Balaban J connectivity index is 1.87. The molecular formula is C16H23N3O2. The molecule has 1 unspecified atom stereocenters. The number of carbonyl (C=O) groups is 1. The van der Waals surface area contributed by atoms with Gasteiger partial charge < -0.3 is 14.6 Å². The average Bonchev–Trinajstić information content (AvgIpc) is 2.77. The van der Waals surface area contributed by atoms with Crippen LogP contribution < -0.4 is 5.32 Å². The molecule has 1 aromatic carbocycles. The van der Waals surface area contributed by atoms with E-state index in [4.69, 9.17) is 4.74 Å². The van der Waals surface area contributed by atoms with E-state index in [1.165, 1.54) is 0 Å². The minimum Gasteiger partial charge on any atom is -0.444 e. The van der Waals surface area contributed by atoms with E-state index in [0.29, 0.717) is 0 Å². The summed E-state index contributed by atoms with van der Waals surface area (Å²) in [4.78, 5) is 16.0. The van der Waals surface area contributed by atoms with Crippen LogP contribution in [0.25, 0.3) is 11.0 Å². The van der Waals surface area contributed by atoms with Gasteiger partial charge in [-0.1, -0.05) is 12.1 Å². The molecular weight excluding hydrogens is 266 g/mol. The molecule has 0 bridgehead atoms. The summed E-state index contributed by atoms with van der Waals surface area (Å²) in [5.41, 5.74) is 1.64. The fraction of sp³-hybridized carbons (Fsp3) is 0.500. The van der Waals surface area contributed by atoms with Crippen LogP contribution in [0.2, 0.25) is 0 Å². The zero-order chi connectivity index (χ0) is 15.5. The lowest BCUT2D eigenvalue weighted by molar-refractivity contribution is 0.0505. The number of rotatable bonds is 4. The largest absolute Gasteiger partial charge is 0.444 e. The molecule has 2 aromatic rings. The van der Waals surface area contributed by atoms with Crippen LogP contribution in [-0.4, -0.2) is 27.3 Å². The molecule has 0 fully saturated rings. The third-order valence-corrected chi connectivity index (χ3v) is 3.09. The van der Waals surface area contributed by atoms with Gasteiger partial charge in [0.25, 0.3) is 0 Å². The number of carbonyl (C=O) groups excluding carboxylic acids is 1. The van der Waals surface area contributed by atoms with E-state index in [-0.39, 0.29) is 12.1 Å². The van der Waals surface area contributed by atoms with Gasteiger partial charge in [-0.25, -0.2) is 9.78 Å². The molecule has 0 saturated carbocycles. The van der Waals surface area contributed by atoms with Gasteiger partial charge in [-0.2, -0.15) is 0 Å². The molecule has 0 aliphatic heterocycles. The molecule has 21 heavy (non-hydrogen) atoms. The highest BCUT2D eigenvalue weighted by Gasteiger charge is 2.17. The number of amides is 1. The SMILES string of the molecule is CC(CCn1cnc2ccccc21)NC(=O)OC(C)(C)C. The van der Waals surface area contributed by atoms with E-state index >= 15 is 0 Å². The fourth-order valence-corrected chi connectivity index (χ4v) is 2.10. The molecule has 0 radical (unpaired) electrons. The maximum Gasteiger partial charge on any atom is 0.407 e. The van der Waals surface area contributed by atoms with Gasteiger partial charge >= 0.3 is 6.09 Å². The van der Waals surface area contributed by atoms with Crippen LogP contribution in [0.1, 0.15) is 34.1 Å². The van der Waals surface area contributed by atoms with Crippen LogP contribution in [0, 0.1) is 0 Å². The molecule has 1 aromatic heterocycles. The second-order valence-electron chi connectivity index (χ2n) is 6.26. The number of aryl methyl sites for hydroxylation is 1. The van der Waals surface area contributed by atoms with Gasteiger partial charge in [0.2, 0.25) is 0 Å². The second-order valence-corrected chi connectivity index (χ2v) is 6.26. The quantitative estimate of drug-likeness (QED) is 0.939. The van der Waals surface area contributed by atoms with Crippen molar-refractivity contribution in [2.75, 3.05) is 0 Å². The monoisotopic (exact) mass is 289 g/mol. The summed E-state index contributed by atoms with van der Waals surface area (Å²) in [5.74, 6) is 0. The van der Waals surface area contributed by atoms with Gasteiger partial charge in [0.05, 0.1) is 17.4 Å². The van der Waals surface area contributed by atoms with Gasteiger partial charge in [-0.05, 0) is 46.2 Å². The van der Waals surface area contributed by atoms with Crippen molar-refractivity contribution in [1.82, 2.24) is 14.9 Å². The Bertz CT molecular complexity index is 613. The van der Waals surface area contributed by atoms with E-state index in [1.54, 1.807) is 0 Å². The number of imidazole rings is 1. The topological polar surface area (TPSA) is 56.2 Å². The van der Waals surface area contributed by atoms with E-state index in [0.717, 1.165) is 24.0 Å². The summed E-state index contributed by atoms with van der Waals surface area (Å²) >= 11 is 0. The minimum absolute atomic E-state index is 0.0426. The molecule has 0 aliphatic carbocycles. The first-order chi connectivity index (χ1) is 9.85. The van der Waals surface area contributed by atoms with Crippen molar-refractivity contribution in [3.63, 3.8) is 0 Å². The highest BCUT2D eigenvalue weighted by atomic mass is 16.6. The zero-order valence-electron chi connectivity index (χ0n) is 13.1. The standard InChI is InChI=1S/C16H23N3O2/c1-12(18-15(20)21-16(2,3)4)9-10-19-11-17-13-7-5-6-8-14(13)19/h5-8,11-12H,9-10H2,1-4H3,(H,18,20). The Morgan fingerprint density at radius 2 is 2.10 bits per heavy atom. The normalized spacial score (nSPS) is 13.1. The van der Waals surface area contributed by atoms with Crippen LogP contribution in [0.4, 0.5) is 4.79 Å². The number of aromatic nitrogens is 2. The predicted molar refractivity (Wildman–Crippen MR) is 83.2 cm³/mol. The first-order valence-electron chi connectivity index (χ1n) is 7.24. The Hall–Kier alpha value is -2.04. The van der Waals surface area contributed by atoms with Crippen molar-refractivity contribution >= 4 is 17.1 Å². The minimum atomic E-state index is -0.468. The van der Waals surface area contributed by atoms with Crippen LogP contribution >= 0.6 is 0 Å². The predicted octanol–water partition coefficient (Wildman–Crippen LogP) is 3.34. The number of nitrogens with zero attached hydrogens (tertiary/aromatic N) is 2. The highest BCUT2D eigenvalue weighted by molar-refractivity contribution is 5.74. The van der Waals surface area contributed by atoms with Crippen molar-refractivity contribution in [3.05, 3.63) is 30.6 Å². The van der Waals surface area contributed by atoms with Crippen molar-refractivity contribution < 1.29 is 9.53 Å². The Labute approximate surface area is 125 Å². The molecule has 0 aliphatic rings. The molecule has 1 atom stereocenters. The van der Waals surface area contributed by atoms with Gasteiger partial charge in [-0.3, -0.25) is 0 Å². The summed E-state index contributed by atoms with van der Waals surface area (Å²) in [5, 5.41) is 2.85. The van der Waals surface area contributed by atoms with Crippen molar-refractivity contribution in [1.29, 1.82) is 0 Å². The summed E-state index contributed by atoms with van der Waals surface area (Å²) in [6.07, 6.45) is 2.29. The van der Waals surface area contributed by atoms with E-state index in [9.17, 15) is 4.79 Å². The van der Waals surface area contributed by atoms with Gasteiger partial charge in [0.15, 0.2) is 0 Å². The fourth-order valence-electron chi connectivity index (χ4n) is 2.10. The number of para-hydroxylation sites is 2. The van der Waals surface area contributed by atoms with Crippen LogP contribution in [0.15, 0.2) is 30.6 Å². The van der Waals surface area contributed by atoms with Crippen LogP contribution in [0.5, 0.6) is 0 Å². The second kappa shape index (κ2) is 6.16. The van der Waals surface area contributed by atoms with Gasteiger partial charge in [0.1, 0.15) is 5.60 Å². The van der Waals surface area contributed by atoms with E-state index in [2.05, 4.69) is 14.9 Å². The summed E-state index contributed by atoms with van der Waals surface area (Å²) < 4.78 is 7.35. The van der Waals surface area contributed by atoms with Crippen molar-refractivity contribution in [3.8, 4) is 0 Å². The van der Waals surface area contributed by atoms with Crippen LogP contribution in [-0.2, 0) is 11.3 Å². The number of alkyl carbamates (subject to hydrolysis) is 1. The molecule has 2 rings (SSSR count). The molecule has 5 nitrogen and oxygen atoms in total. The number of hydrogen-bond donors (Lipinski definition) is 1. The number of ether oxygens (including phenoxy) is 1. The lowest BCUT2D eigenvalue weighted by Crippen LogP contribution is -2.38. The lowest BCUT2D eigenvalue weighted by Gasteiger charge is -2.22. The average molecular weight is 289 g/mol.